The summed E-state index contributed by atoms with van der Waals surface area (Å²) in [5, 5.41) is 20.8. The van der Waals surface area contributed by atoms with E-state index in [9.17, 15) is 19.8 Å². The summed E-state index contributed by atoms with van der Waals surface area (Å²) in [4.78, 5) is 25.4. The van der Waals surface area contributed by atoms with E-state index >= 15 is 0 Å². The first-order chi connectivity index (χ1) is 15.5. The SMILES string of the molecule is Cc1c(C(=O)O)c(C2CCCCC2)c(C(=O)O)c(Cc2ccccc2)c1C1CCCCC1. The van der Waals surface area contributed by atoms with Crippen molar-refractivity contribution in [2.24, 2.45) is 0 Å². The van der Waals surface area contributed by atoms with Crippen molar-refractivity contribution in [3.8, 4) is 0 Å². The minimum Gasteiger partial charge on any atom is -0.478 e. The Morgan fingerprint density at radius 2 is 1.25 bits per heavy atom. The highest BCUT2D eigenvalue weighted by atomic mass is 16.4. The zero-order valence-electron chi connectivity index (χ0n) is 19.0. The van der Waals surface area contributed by atoms with Gasteiger partial charge < -0.3 is 10.2 Å². The van der Waals surface area contributed by atoms with E-state index in [1.54, 1.807) is 0 Å². The van der Waals surface area contributed by atoms with Crippen LogP contribution in [0.1, 0.15) is 125 Å². The van der Waals surface area contributed by atoms with Crippen molar-refractivity contribution in [3.63, 3.8) is 0 Å². The smallest absolute Gasteiger partial charge is 0.336 e. The van der Waals surface area contributed by atoms with Gasteiger partial charge in [-0.05, 0) is 78.7 Å². The molecule has 0 aliphatic heterocycles. The van der Waals surface area contributed by atoms with Gasteiger partial charge in [-0.25, -0.2) is 9.59 Å². The number of rotatable bonds is 6. The number of aromatic carboxylic acids is 2. The molecule has 170 valence electrons. The predicted octanol–water partition coefficient (Wildman–Crippen LogP) is 7.08. The van der Waals surface area contributed by atoms with Crippen LogP contribution < -0.4 is 0 Å². The van der Waals surface area contributed by atoms with Crippen LogP contribution in [0.5, 0.6) is 0 Å². The minimum atomic E-state index is -0.978. The summed E-state index contributed by atoms with van der Waals surface area (Å²) >= 11 is 0. The molecule has 2 aromatic carbocycles. The van der Waals surface area contributed by atoms with E-state index < -0.39 is 11.9 Å². The number of carbonyl (C=O) groups is 2. The molecule has 0 heterocycles. The molecule has 4 rings (SSSR count). The molecule has 4 nitrogen and oxygen atoms in total. The number of benzene rings is 2. The zero-order valence-corrected chi connectivity index (χ0v) is 19.0. The molecule has 0 aromatic heterocycles. The third-order valence-corrected chi connectivity index (χ3v) is 7.62. The lowest BCUT2D eigenvalue weighted by atomic mass is 9.71. The maximum atomic E-state index is 12.8. The Kier molecular flexibility index (Phi) is 6.98. The standard InChI is InChI=1S/C28H34O4/c1-18-23(20-13-7-3-8-14-20)22(17-19-11-5-2-6-12-19)26(28(31)32)25(24(18)27(29)30)21-15-9-4-10-16-21/h2,5-6,11-12,20-21H,3-4,7-10,13-17H2,1H3,(H,29,30)(H,31,32). The van der Waals surface area contributed by atoms with E-state index in [-0.39, 0.29) is 23.0 Å². The average Bonchev–Trinajstić information content (AvgIpc) is 2.80. The second kappa shape index (κ2) is 9.89. The van der Waals surface area contributed by atoms with Gasteiger partial charge in [0.1, 0.15) is 0 Å². The van der Waals surface area contributed by atoms with Gasteiger partial charge >= 0.3 is 11.9 Å². The second-order valence-electron chi connectivity index (χ2n) is 9.62. The summed E-state index contributed by atoms with van der Waals surface area (Å²) in [5.41, 5.74) is 4.88. The summed E-state index contributed by atoms with van der Waals surface area (Å²) in [7, 11) is 0. The Hall–Kier alpha value is -2.62. The zero-order chi connectivity index (χ0) is 22.7. The maximum absolute atomic E-state index is 12.8. The van der Waals surface area contributed by atoms with Crippen LogP contribution in [0.2, 0.25) is 0 Å². The molecular weight excluding hydrogens is 400 g/mol. The summed E-state index contributed by atoms with van der Waals surface area (Å²) in [5.74, 6) is -1.71. The van der Waals surface area contributed by atoms with Crippen molar-refractivity contribution in [2.75, 3.05) is 0 Å². The fraction of sp³-hybridized carbons (Fsp3) is 0.500. The number of hydrogen-bond acceptors (Lipinski definition) is 2. The van der Waals surface area contributed by atoms with Gasteiger partial charge in [0, 0.05) is 0 Å². The lowest BCUT2D eigenvalue weighted by Crippen LogP contribution is -2.23. The van der Waals surface area contributed by atoms with Crippen molar-refractivity contribution < 1.29 is 19.8 Å². The van der Waals surface area contributed by atoms with E-state index in [1.165, 1.54) is 6.42 Å². The number of carboxylic acid groups (broad SMARTS) is 2. The molecule has 2 aliphatic rings. The largest absolute Gasteiger partial charge is 0.478 e. The van der Waals surface area contributed by atoms with Gasteiger partial charge in [-0.3, -0.25) is 0 Å². The molecule has 4 heteroatoms. The predicted molar refractivity (Wildman–Crippen MR) is 126 cm³/mol. The van der Waals surface area contributed by atoms with Crippen LogP contribution in [0.15, 0.2) is 30.3 Å². The maximum Gasteiger partial charge on any atom is 0.336 e. The summed E-state index contributed by atoms with van der Waals surface area (Å²) in [6, 6.07) is 10.0. The fourth-order valence-electron chi connectivity index (χ4n) is 6.23. The fourth-order valence-corrected chi connectivity index (χ4v) is 6.23. The lowest BCUT2D eigenvalue weighted by Gasteiger charge is -2.32. The first-order valence-corrected chi connectivity index (χ1v) is 12.2. The van der Waals surface area contributed by atoms with E-state index in [0.29, 0.717) is 12.0 Å². The van der Waals surface area contributed by atoms with Gasteiger partial charge in [-0.2, -0.15) is 0 Å². The Bertz CT molecular complexity index is 980. The van der Waals surface area contributed by atoms with E-state index in [1.807, 2.05) is 37.3 Å². The van der Waals surface area contributed by atoms with E-state index in [0.717, 1.165) is 80.0 Å². The molecule has 0 spiro atoms. The molecule has 2 saturated carbocycles. The molecule has 0 atom stereocenters. The highest BCUT2D eigenvalue weighted by Gasteiger charge is 2.35. The Balaban J connectivity index is 2.01. The van der Waals surface area contributed by atoms with Crippen LogP contribution in [0.4, 0.5) is 0 Å². The quantitative estimate of drug-likeness (QED) is 0.509. The van der Waals surface area contributed by atoms with Crippen molar-refractivity contribution in [1.29, 1.82) is 0 Å². The minimum absolute atomic E-state index is 0.00887. The van der Waals surface area contributed by atoms with Crippen LogP contribution in [0.25, 0.3) is 0 Å². The first-order valence-electron chi connectivity index (χ1n) is 12.2. The third-order valence-electron chi connectivity index (χ3n) is 7.62. The molecule has 2 fully saturated rings. The average molecular weight is 435 g/mol. The summed E-state index contributed by atoms with van der Waals surface area (Å²) in [6.45, 7) is 1.93. The molecule has 0 bridgehead atoms. The van der Waals surface area contributed by atoms with Gasteiger partial charge in [0.25, 0.3) is 0 Å². The van der Waals surface area contributed by atoms with Crippen LogP contribution in [0.3, 0.4) is 0 Å². The van der Waals surface area contributed by atoms with Gasteiger partial charge in [0.15, 0.2) is 0 Å². The second-order valence-corrected chi connectivity index (χ2v) is 9.62. The molecular formula is C28H34O4. The Morgan fingerprint density at radius 1 is 0.750 bits per heavy atom. The molecule has 0 amide bonds. The lowest BCUT2D eigenvalue weighted by molar-refractivity contribution is 0.0692. The van der Waals surface area contributed by atoms with E-state index in [2.05, 4.69) is 0 Å². The molecule has 2 N–H and O–H groups in total. The molecule has 32 heavy (non-hydrogen) atoms. The molecule has 0 radical (unpaired) electrons. The van der Waals surface area contributed by atoms with E-state index in [4.69, 9.17) is 0 Å². The van der Waals surface area contributed by atoms with Crippen molar-refractivity contribution in [2.45, 2.75) is 89.4 Å². The van der Waals surface area contributed by atoms with Crippen molar-refractivity contribution in [1.82, 2.24) is 0 Å². The number of hydrogen-bond donors (Lipinski definition) is 2. The van der Waals surface area contributed by atoms with Crippen LogP contribution >= 0.6 is 0 Å². The topological polar surface area (TPSA) is 74.6 Å². The van der Waals surface area contributed by atoms with Crippen LogP contribution in [0, 0.1) is 6.92 Å². The number of carboxylic acids is 2. The van der Waals surface area contributed by atoms with Gasteiger partial charge in [0.2, 0.25) is 0 Å². The molecule has 2 aliphatic carbocycles. The van der Waals surface area contributed by atoms with Crippen LogP contribution in [-0.4, -0.2) is 22.2 Å². The van der Waals surface area contributed by atoms with Crippen molar-refractivity contribution >= 4 is 11.9 Å². The van der Waals surface area contributed by atoms with Crippen LogP contribution in [-0.2, 0) is 6.42 Å². The van der Waals surface area contributed by atoms with Gasteiger partial charge in [-0.1, -0.05) is 68.9 Å². The van der Waals surface area contributed by atoms with Gasteiger partial charge in [0.05, 0.1) is 11.1 Å². The third kappa shape index (κ3) is 4.46. The Labute approximate surface area is 190 Å². The molecule has 0 unspecified atom stereocenters. The molecule has 2 aromatic rings. The van der Waals surface area contributed by atoms with Gasteiger partial charge in [-0.15, -0.1) is 0 Å². The Morgan fingerprint density at radius 3 is 1.75 bits per heavy atom. The first kappa shape index (κ1) is 22.6. The normalized spacial score (nSPS) is 17.9. The summed E-state index contributed by atoms with van der Waals surface area (Å²) < 4.78 is 0. The highest BCUT2D eigenvalue weighted by molar-refractivity contribution is 6.00. The molecule has 0 saturated heterocycles. The summed E-state index contributed by atoms with van der Waals surface area (Å²) in [6.07, 6.45) is 10.9. The monoisotopic (exact) mass is 434 g/mol. The highest BCUT2D eigenvalue weighted by Crippen LogP contribution is 2.45. The van der Waals surface area contributed by atoms with Crippen molar-refractivity contribution in [3.05, 3.63) is 69.3 Å².